The standard InChI is InChI=1S/C15H22N2O4/c1-3-4-5-11-6-8-12(9-7-11)17-14(20)16-10-15(2,21)13(18)19/h6-9,21H,3-5,10H2,1-2H3,(H,18,19)(H2,16,17,20). The topological polar surface area (TPSA) is 98.7 Å². The highest BCUT2D eigenvalue weighted by Crippen LogP contribution is 2.11. The first-order chi connectivity index (χ1) is 9.85. The number of aliphatic hydroxyl groups is 1. The fourth-order valence-electron chi connectivity index (χ4n) is 1.64. The largest absolute Gasteiger partial charge is 0.479 e. The molecule has 1 unspecified atom stereocenters. The molecule has 0 aliphatic heterocycles. The highest BCUT2D eigenvalue weighted by Gasteiger charge is 2.30. The van der Waals surface area contributed by atoms with Gasteiger partial charge in [0.05, 0.1) is 6.54 Å². The monoisotopic (exact) mass is 294 g/mol. The number of carbonyl (C=O) groups is 2. The predicted octanol–water partition coefficient (Wildman–Crippen LogP) is 1.99. The lowest BCUT2D eigenvalue weighted by atomic mass is 10.1. The van der Waals surface area contributed by atoms with Crippen LogP contribution in [0.2, 0.25) is 0 Å². The zero-order valence-corrected chi connectivity index (χ0v) is 12.3. The number of benzene rings is 1. The molecular formula is C15H22N2O4. The zero-order valence-electron chi connectivity index (χ0n) is 12.3. The lowest BCUT2D eigenvalue weighted by Crippen LogP contribution is -2.47. The molecule has 116 valence electrons. The van der Waals surface area contributed by atoms with Gasteiger partial charge in [-0.1, -0.05) is 25.5 Å². The van der Waals surface area contributed by atoms with E-state index in [1.807, 2.05) is 12.1 Å². The van der Waals surface area contributed by atoms with Crippen LogP contribution in [0.5, 0.6) is 0 Å². The summed E-state index contributed by atoms with van der Waals surface area (Å²) in [5, 5.41) is 23.1. The molecule has 0 saturated heterocycles. The third-order valence-electron chi connectivity index (χ3n) is 3.08. The van der Waals surface area contributed by atoms with Crippen LogP contribution in [0.25, 0.3) is 0 Å². The number of carbonyl (C=O) groups excluding carboxylic acids is 1. The van der Waals surface area contributed by atoms with Crippen molar-refractivity contribution in [2.45, 2.75) is 38.7 Å². The van der Waals surface area contributed by atoms with Gasteiger partial charge in [0.25, 0.3) is 0 Å². The van der Waals surface area contributed by atoms with Crippen LogP contribution in [-0.4, -0.2) is 34.4 Å². The summed E-state index contributed by atoms with van der Waals surface area (Å²) >= 11 is 0. The van der Waals surface area contributed by atoms with Gasteiger partial charge in [0.1, 0.15) is 0 Å². The van der Waals surface area contributed by atoms with Crippen molar-refractivity contribution in [1.82, 2.24) is 5.32 Å². The van der Waals surface area contributed by atoms with Crippen LogP contribution in [0.4, 0.5) is 10.5 Å². The van der Waals surface area contributed by atoms with Crippen molar-refractivity contribution < 1.29 is 19.8 Å². The van der Waals surface area contributed by atoms with E-state index >= 15 is 0 Å². The van der Waals surface area contributed by atoms with E-state index in [-0.39, 0.29) is 6.54 Å². The second kappa shape index (κ2) is 7.64. The van der Waals surface area contributed by atoms with E-state index < -0.39 is 17.6 Å². The third kappa shape index (κ3) is 5.83. The van der Waals surface area contributed by atoms with E-state index in [1.54, 1.807) is 12.1 Å². The fourth-order valence-corrected chi connectivity index (χ4v) is 1.64. The van der Waals surface area contributed by atoms with Gasteiger partial charge in [-0.25, -0.2) is 9.59 Å². The van der Waals surface area contributed by atoms with Crippen LogP contribution in [0.3, 0.4) is 0 Å². The maximum absolute atomic E-state index is 11.6. The number of amides is 2. The Labute approximate surface area is 124 Å². The molecule has 0 saturated carbocycles. The summed E-state index contributed by atoms with van der Waals surface area (Å²) in [5.41, 5.74) is -0.166. The van der Waals surface area contributed by atoms with Gasteiger partial charge in [0.15, 0.2) is 5.60 Å². The van der Waals surface area contributed by atoms with Crippen LogP contribution in [0, 0.1) is 0 Å². The Hall–Kier alpha value is -2.08. The molecule has 0 aromatic heterocycles. The normalized spacial score (nSPS) is 13.3. The van der Waals surface area contributed by atoms with Gasteiger partial charge in [0.2, 0.25) is 0 Å². The summed E-state index contributed by atoms with van der Waals surface area (Å²) in [6.07, 6.45) is 3.26. The molecule has 0 spiro atoms. The van der Waals surface area contributed by atoms with Gasteiger partial charge in [-0.05, 0) is 37.5 Å². The second-order valence-electron chi connectivity index (χ2n) is 5.19. The van der Waals surface area contributed by atoms with Crippen LogP contribution in [-0.2, 0) is 11.2 Å². The second-order valence-corrected chi connectivity index (χ2v) is 5.19. The van der Waals surface area contributed by atoms with Crippen molar-refractivity contribution in [1.29, 1.82) is 0 Å². The Bertz CT molecular complexity index is 483. The number of rotatable bonds is 7. The summed E-state index contributed by atoms with van der Waals surface area (Å²) in [6, 6.07) is 6.91. The molecule has 6 nitrogen and oxygen atoms in total. The fraction of sp³-hybridized carbons (Fsp3) is 0.467. The van der Waals surface area contributed by atoms with Gasteiger partial charge in [-0.3, -0.25) is 0 Å². The Morgan fingerprint density at radius 3 is 2.38 bits per heavy atom. The molecular weight excluding hydrogens is 272 g/mol. The van der Waals surface area contributed by atoms with Crippen molar-refractivity contribution in [3.05, 3.63) is 29.8 Å². The highest BCUT2D eigenvalue weighted by atomic mass is 16.4. The molecule has 0 bridgehead atoms. The first kappa shape index (κ1) is 17.0. The molecule has 6 heteroatoms. The number of aliphatic carboxylic acids is 1. The maximum Gasteiger partial charge on any atom is 0.337 e. The molecule has 0 fully saturated rings. The molecule has 0 radical (unpaired) electrons. The molecule has 0 heterocycles. The van der Waals surface area contributed by atoms with Gasteiger partial charge >= 0.3 is 12.0 Å². The third-order valence-corrected chi connectivity index (χ3v) is 3.08. The van der Waals surface area contributed by atoms with Crippen LogP contribution >= 0.6 is 0 Å². The summed E-state index contributed by atoms with van der Waals surface area (Å²) < 4.78 is 0. The summed E-state index contributed by atoms with van der Waals surface area (Å²) in [7, 11) is 0. The SMILES string of the molecule is CCCCc1ccc(NC(=O)NCC(C)(O)C(=O)O)cc1. The molecule has 21 heavy (non-hydrogen) atoms. The van der Waals surface area contributed by atoms with E-state index in [4.69, 9.17) is 5.11 Å². The lowest BCUT2D eigenvalue weighted by molar-refractivity contribution is -0.155. The van der Waals surface area contributed by atoms with Crippen molar-refractivity contribution in [3.63, 3.8) is 0 Å². The number of carboxylic acid groups (broad SMARTS) is 1. The number of unbranched alkanes of at least 4 members (excludes halogenated alkanes) is 1. The zero-order chi connectivity index (χ0) is 15.9. The Morgan fingerprint density at radius 2 is 1.86 bits per heavy atom. The number of hydrogen-bond donors (Lipinski definition) is 4. The van der Waals surface area contributed by atoms with E-state index in [9.17, 15) is 14.7 Å². The minimum absolute atomic E-state index is 0.372. The predicted molar refractivity (Wildman–Crippen MR) is 80.3 cm³/mol. The van der Waals surface area contributed by atoms with Crippen molar-refractivity contribution in [2.75, 3.05) is 11.9 Å². The van der Waals surface area contributed by atoms with Crippen LogP contribution < -0.4 is 10.6 Å². The number of carboxylic acids is 1. The highest BCUT2D eigenvalue weighted by molar-refractivity contribution is 5.89. The molecule has 0 aliphatic rings. The van der Waals surface area contributed by atoms with E-state index in [2.05, 4.69) is 17.6 Å². The molecule has 1 atom stereocenters. The van der Waals surface area contributed by atoms with Crippen molar-refractivity contribution in [2.24, 2.45) is 0 Å². The molecule has 0 aliphatic carbocycles. The number of anilines is 1. The van der Waals surface area contributed by atoms with Gasteiger partial charge in [0, 0.05) is 5.69 Å². The maximum atomic E-state index is 11.6. The summed E-state index contributed by atoms with van der Waals surface area (Å²) in [6.45, 7) is 2.88. The van der Waals surface area contributed by atoms with Crippen LogP contribution in [0.15, 0.2) is 24.3 Å². The quantitative estimate of drug-likeness (QED) is 0.618. The average Bonchev–Trinajstić information content (AvgIpc) is 2.44. The molecule has 1 rings (SSSR count). The van der Waals surface area contributed by atoms with Gasteiger partial charge in [-0.2, -0.15) is 0 Å². The number of urea groups is 1. The smallest absolute Gasteiger partial charge is 0.337 e. The average molecular weight is 294 g/mol. The van der Waals surface area contributed by atoms with Crippen LogP contribution in [0.1, 0.15) is 32.3 Å². The first-order valence-corrected chi connectivity index (χ1v) is 6.94. The Kier molecular flexibility index (Phi) is 6.17. The molecule has 2 amide bonds. The lowest BCUT2D eigenvalue weighted by Gasteiger charge is -2.18. The molecule has 4 N–H and O–H groups in total. The van der Waals surface area contributed by atoms with Gasteiger partial charge < -0.3 is 20.8 Å². The number of hydrogen-bond acceptors (Lipinski definition) is 3. The minimum Gasteiger partial charge on any atom is -0.479 e. The molecule has 1 aromatic carbocycles. The van der Waals surface area contributed by atoms with Gasteiger partial charge in [-0.15, -0.1) is 0 Å². The molecule has 1 aromatic rings. The minimum atomic E-state index is -1.98. The van der Waals surface area contributed by atoms with E-state index in [0.29, 0.717) is 5.69 Å². The Balaban J connectivity index is 2.46. The number of aryl methyl sites for hydroxylation is 1. The number of nitrogens with one attached hydrogen (secondary N) is 2. The van der Waals surface area contributed by atoms with E-state index in [0.717, 1.165) is 26.2 Å². The first-order valence-electron chi connectivity index (χ1n) is 6.94. The van der Waals surface area contributed by atoms with Crippen molar-refractivity contribution in [3.8, 4) is 0 Å². The van der Waals surface area contributed by atoms with E-state index in [1.165, 1.54) is 5.56 Å². The summed E-state index contributed by atoms with van der Waals surface area (Å²) in [4.78, 5) is 22.3. The summed E-state index contributed by atoms with van der Waals surface area (Å²) in [5.74, 6) is -1.39. The van der Waals surface area contributed by atoms with Crippen molar-refractivity contribution >= 4 is 17.7 Å². The Morgan fingerprint density at radius 1 is 1.24 bits per heavy atom.